The van der Waals surface area contributed by atoms with Crippen LogP contribution in [0.25, 0.3) is 0 Å². The van der Waals surface area contributed by atoms with E-state index >= 15 is 0 Å². The smallest absolute Gasteiger partial charge is 0.117 e. The van der Waals surface area contributed by atoms with Crippen molar-refractivity contribution < 1.29 is 8.63 Å². The van der Waals surface area contributed by atoms with Crippen molar-refractivity contribution in [3.8, 4) is 0 Å². The molecule has 2 rings (SSSR count). The summed E-state index contributed by atoms with van der Waals surface area (Å²) in [6, 6.07) is 8.55. The second-order valence-electron chi connectivity index (χ2n) is 3.61. The van der Waals surface area contributed by atoms with Gasteiger partial charge in [-0.2, -0.15) is 0 Å². The number of hydrogen-bond donors (Lipinski definition) is 1. The van der Waals surface area contributed by atoms with Crippen molar-refractivity contribution in [3.05, 3.63) is 51.9 Å². The molecule has 1 atom stereocenters. The molecule has 2 aromatic rings. The topological polar surface area (TPSA) is 56.2 Å². The van der Waals surface area contributed by atoms with E-state index in [4.69, 9.17) is 33.4 Å². The van der Waals surface area contributed by atoms with Crippen LogP contribution in [0.2, 0.25) is 10.0 Å². The van der Waals surface area contributed by atoms with Crippen LogP contribution in [-0.2, 0) is 23.1 Å². The SMILES string of the molecule is NCc1ccc(CS(=O)c2c(Cl)cccc2Cl)o1. The highest BCUT2D eigenvalue weighted by atomic mass is 35.5. The molecule has 0 saturated carbocycles. The predicted octanol–water partition coefficient (Wildman–Crippen LogP) is 3.35. The van der Waals surface area contributed by atoms with Crippen LogP contribution in [0.15, 0.2) is 39.6 Å². The molecule has 18 heavy (non-hydrogen) atoms. The fourth-order valence-corrected chi connectivity index (χ4v) is 3.55. The van der Waals surface area contributed by atoms with Gasteiger partial charge in [0.1, 0.15) is 11.5 Å². The summed E-state index contributed by atoms with van der Waals surface area (Å²) in [5, 5.41) is 0.790. The molecule has 0 aliphatic heterocycles. The Balaban J connectivity index is 2.22. The summed E-state index contributed by atoms with van der Waals surface area (Å²) >= 11 is 12.0. The molecule has 0 saturated heterocycles. The van der Waals surface area contributed by atoms with Crippen molar-refractivity contribution in [2.24, 2.45) is 5.73 Å². The van der Waals surface area contributed by atoms with Crippen LogP contribution in [0, 0.1) is 0 Å². The van der Waals surface area contributed by atoms with Crippen LogP contribution in [0.5, 0.6) is 0 Å². The molecule has 1 unspecified atom stereocenters. The van der Waals surface area contributed by atoms with Gasteiger partial charge in [-0.3, -0.25) is 4.21 Å². The third kappa shape index (κ3) is 2.95. The summed E-state index contributed by atoms with van der Waals surface area (Å²) in [6.45, 7) is 0.319. The van der Waals surface area contributed by atoms with Crippen LogP contribution < -0.4 is 5.73 Å². The molecule has 0 amide bonds. The standard InChI is InChI=1S/C12H11Cl2NO2S/c13-10-2-1-3-11(14)12(10)18(16)7-9-5-4-8(6-15)17-9/h1-5H,6-7,15H2. The molecule has 3 nitrogen and oxygen atoms in total. The minimum Gasteiger partial charge on any atom is -0.464 e. The zero-order chi connectivity index (χ0) is 13.1. The fourth-order valence-electron chi connectivity index (χ4n) is 1.51. The molecule has 0 spiro atoms. The van der Waals surface area contributed by atoms with Gasteiger partial charge < -0.3 is 10.2 Å². The molecular weight excluding hydrogens is 293 g/mol. The van der Waals surface area contributed by atoms with E-state index in [9.17, 15) is 4.21 Å². The third-order valence-electron chi connectivity index (χ3n) is 2.34. The van der Waals surface area contributed by atoms with Crippen molar-refractivity contribution in [2.45, 2.75) is 17.2 Å². The quantitative estimate of drug-likeness (QED) is 0.942. The van der Waals surface area contributed by atoms with Gasteiger partial charge in [0.2, 0.25) is 0 Å². The average molecular weight is 304 g/mol. The van der Waals surface area contributed by atoms with Gasteiger partial charge in [0.05, 0.1) is 38.0 Å². The second kappa shape index (κ2) is 5.89. The summed E-state index contributed by atoms with van der Waals surface area (Å²) in [6.07, 6.45) is 0. The van der Waals surface area contributed by atoms with Crippen LogP contribution in [-0.4, -0.2) is 4.21 Å². The van der Waals surface area contributed by atoms with Crippen molar-refractivity contribution >= 4 is 34.0 Å². The van der Waals surface area contributed by atoms with E-state index in [1.54, 1.807) is 30.3 Å². The van der Waals surface area contributed by atoms with Gasteiger partial charge in [-0.25, -0.2) is 0 Å². The lowest BCUT2D eigenvalue weighted by Gasteiger charge is -2.05. The molecule has 0 aliphatic rings. The highest BCUT2D eigenvalue weighted by molar-refractivity contribution is 7.84. The van der Waals surface area contributed by atoms with Crippen LogP contribution in [0.4, 0.5) is 0 Å². The maximum Gasteiger partial charge on any atom is 0.117 e. The summed E-state index contributed by atoms with van der Waals surface area (Å²) < 4.78 is 17.6. The van der Waals surface area contributed by atoms with Crippen molar-refractivity contribution in [1.82, 2.24) is 0 Å². The predicted molar refractivity (Wildman–Crippen MR) is 73.2 cm³/mol. The Morgan fingerprint density at radius 2 is 1.72 bits per heavy atom. The maximum absolute atomic E-state index is 12.2. The minimum absolute atomic E-state index is 0.226. The Kier molecular flexibility index (Phi) is 4.45. The first kappa shape index (κ1) is 13.6. The van der Waals surface area contributed by atoms with E-state index < -0.39 is 10.8 Å². The van der Waals surface area contributed by atoms with Crippen molar-refractivity contribution in [1.29, 1.82) is 0 Å². The zero-order valence-corrected chi connectivity index (χ0v) is 11.7. The number of hydrogen-bond acceptors (Lipinski definition) is 3. The van der Waals surface area contributed by atoms with Gasteiger partial charge in [0.25, 0.3) is 0 Å². The molecule has 1 aromatic carbocycles. The van der Waals surface area contributed by atoms with Gasteiger partial charge >= 0.3 is 0 Å². The molecule has 2 N–H and O–H groups in total. The van der Waals surface area contributed by atoms with Gasteiger partial charge in [0, 0.05) is 0 Å². The van der Waals surface area contributed by atoms with Crippen LogP contribution in [0.3, 0.4) is 0 Å². The zero-order valence-electron chi connectivity index (χ0n) is 9.36. The fraction of sp³-hybridized carbons (Fsp3) is 0.167. The number of benzene rings is 1. The maximum atomic E-state index is 12.2. The largest absolute Gasteiger partial charge is 0.464 e. The molecule has 0 bridgehead atoms. The molecule has 0 fully saturated rings. The molecule has 0 radical (unpaired) electrons. The highest BCUT2D eigenvalue weighted by Gasteiger charge is 2.15. The Morgan fingerprint density at radius 3 is 2.28 bits per heavy atom. The number of furan rings is 1. The van der Waals surface area contributed by atoms with E-state index in [0.29, 0.717) is 33.0 Å². The highest BCUT2D eigenvalue weighted by Crippen LogP contribution is 2.29. The first-order valence-electron chi connectivity index (χ1n) is 5.22. The third-order valence-corrected chi connectivity index (χ3v) is 4.63. The minimum atomic E-state index is -1.34. The Hall–Kier alpha value is -0.810. The van der Waals surface area contributed by atoms with Crippen LogP contribution in [0.1, 0.15) is 11.5 Å². The van der Waals surface area contributed by atoms with Crippen LogP contribution >= 0.6 is 23.2 Å². The summed E-state index contributed by atoms with van der Waals surface area (Å²) in [5.41, 5.74) is 5.44. The Morgan fingerprint density at radius 1 is 1.11 bits per heavy atom. The molecule has 1 heterocycles. The van der Waals surface area contributed by atoms with E-state index in [2.05, 4.69) is 0 Å². The lowest BCUT2D eigenvalue weighted by molar-refractivity contribution is 0.481. The number of rotatable bonds is 4. The Bertz CT molecular complexity index is 563. The molecule has 96 valence electrons. The monoisotopic (exact) mass is 303 g/mol. The summed E-state index contributed by atoms with van der Waals surface area (Å²) in [4.78, 5) is 0.437. The summed E-state index contributed by atoms with van der Waals surface area (Å²) in [7, 11) is -1.34. The Labute approximate surface area is 117 Å². The van der Waals surface area contributed by atoms with E-state index in [-0.39, 0.29) is 5.75 Å². The van der Waals surface area contributed by atoms with E-state index in [0.717, 1.165) is 0 Å². The molecular formula is C12H11Cl2NO2S. The first-order chi connectivity index (χ1) is 8.61. The van der Waals surface area contributed by atoms with Crippen molar-refractivity contribution in [2.75, 3.05) is 0 Å². The van der Waals surface area contributed by atoms with Gasteiger partial charge in [-0.05, 0) is 24.3 Å². The normalized spacial score (nSPS) is 12.6. The molecule has 1 aromatic heterocycles. The lowest BCUT2D eigenvalue weighted by atomic mass is 10.4. The van der Waals surface area contributed by atoms with Gasteiger partial charge in [0.15, 0.2) is 0 Å². The van der Waals surface area contributed by atoms with Gasteiger partial charge in [-0.1, -0.05) is 29.3 Å². The molecule has 6 heteroatoms. The van der Waals surface area contributed by atoms with Gasteiger partial charge in [-0.15, -0.1) is 0 Å². The average Bonchev–Trinajstić information content (AvgIpc) is 2.76. The lowest BCUT2D eigenvalue weighted by Crippen LogP contribution is -1.98. The first-order valence-corrected chi connectivity index (χ1v) is 7.29. The molecule has 0 aliphatic carbocycles. The second-order valence-corrected chi connectivity index (χ2v) is 5.82. The van der Waals surface area contributed by atoms with E-state index in [1.807, 2.05) is 0 Å². The summed E-state index contributed by atoms with van der Waals surface area (Å²) in [5.74, 6) is 1.49. The number of halogens is 2. The van der Waals surface area contributed by atoms with Crippen molar-refractivity contribution in [3.63, 3.8) is 0 Å². The number of nitrogens with two attached hydrogens (primary N) is 1. The van der Waals surface area contributed by atoms with E-state index in [1.165, 1.54) is 0 Å².